The molecule has 2 aromatic carbocycles. The van der Waals surface area contributed by atoms with Crippen LogP contribution in [0.3, 0.4) is 0 Å². The highest BCUT2D eigenvalue weighted by molar-refractivity contribution is 5.92. The first-order valence-corrected chi connectivity index (χ1v) is 9.00. The van der Waals surface area contributed by atoms with Crippen molar-refractivity contribution in [3.05, 3.63) is 74.8 Å². The van der Waals surface area contributed by atoms with Crippen LogP contribution >= 0.6 is 0 Å². The molecule has 0 spiro atoms. The highest BCUT2D eigenvalue weighted by Crippen LogP contribution is 2.33. The van der Waals surface area contributed by atoms with Gasteiger partial charge in [0.25, 0.3) is 5.69 Å². The van der Waals surface area contributed by atoms with Gasteiger partial charge in [-0.3, -0.25) is 14.9 Å². The smallest absolute Gasteiger partial charge is 0.270 e. The van der Waals surface area contributed by atoms with Gasteiger partial charge >= 0.3 is 0 Å². The first-order chi connectivity index (χ1) is 13.5. The van der Waals surface area contributed by atoms with Gasteiger partial charge in [0, 0.05) is 42.9 Å². The monoisotopic (exact) mass is 382 g/mol. The first kappa shape index (κ1) is 19.6. The Kier molecular flexibility index (Phi) is 6.06. The summed E-state index contributed by atoms with van der Waals surface area (Å²) in [5.74, 6) is 0.311. The van der Waals surface area contributed by atoms with E-state index in [4.69, 9.17) is 9.47 Å². The standard InChI is InChI=1S/C21H22N2O5/c1-3-15-4-6-16(7-5-15)12-22(2)20(24)9-8-17-10-19(23(25)26)11-18-13-27-14-28-21(17)18/h4-11H,3,12-14H2,1-2H3/b9-8+. The molecule has 0 saturated carbocycles. The predicted molar refractivity (Wildman–Crippen MR) is 105 cm³/mol. The van der Waals surface area contributed by atoms with Gasteiger partial charge < -0.3 is 14.4 Å². The van der Waals surface area contributed by atoms with Crippen LogP contribution in [0.2, 0.25) is 0 Å². The van der Waals surface area contributed by atoms with Gasteiger partial charge in [0.2, 0.25) is 5.91 Å². The highest BCUT2D eigenvalue weighted by atomic mass is 16.7. The van der Waals surface area contributed by atoms with E-state index < -0.39 is 4.92 Å². The van der Waals surface area contributed by atoms with E-state index in [0.717, 1.165) is 12.0 Å². The molecule has 1 heterocycles. The Labute approximate surface area is 163 Å². The molecule has 0 aromatic heterocycles. The molecule has 0 aliphatic carbocycles. The Hall–Kier alpha value is -3.19. The number of rotatable bonds is 6. The summed E-state index contributed by atoms with van der Waals surface area (Å²) in [5, 5.41) is 11.2. The van der Waals surface area contributed by atoms with E-state index in [1.807, 2.05) is 12.1 Å². The number of nitrogens with zero attached hydrogens (tertiary/aromatic N) is 2. The zero-order valence-corrected chi connectivity index (χ0v) is 15.9. The molecule has 1 aliphatic heterocycles. The largest absolute Gasteiger partial charge is 0.467 e. The van der Waals surface area contributed by atoms with Gasteiger partial charge in [0.15, 0.2) is 6.79 Å². The Morgan fingerprint density at radius 1 is 1.25 bits per heavy atom. The van der Waals surface area contributed by atoms with E-state index in [1.54, 1.807) is 18.0 Å². The summed E-state index contributed by atoms with van der Waals surface area (Å²) in [5.41, 5.74) is 3.30. The molecule has 0 N–H and O–H groups in total. The number of nitro benzene ring substituents is 1. The molecule has 0 atom stereocenters. The molecule has 0 radical (unpaired) electrons. The maximum Gasteiger partial charge on any atom is 0.270 e. The molecule has 0 bridgehead atoms. The maximum atomic E-state index is 12.5. The summed E-state index contributed by atoms with van der Waals surface area (Å²) in [6.45, 7) is 2.88. The second-order valence-electron chi connectivity index (χ2n) is 6.59. The molecule has 0 fully saturated rings. The van der Waals surface area contributed by atoms with Gasteiger partial charge in [-0.2, -0.15) is 0 Å². The number of benzene rings is 2. The number of hydrogen-bond acceptors (Lipinski definition) is 5. The first-order valence-electron chi connectivity index (χ1n) is 9.00. The number of likely N-dealkylation sites (N-methyl/N-ethyl adjacent to an activating group) is 1. The minimum Gasteiger partial charge on any atom is -0.467 e. The average molecular weight is 382 g/mol. The molecule has 0 saturated heterocycles. The lowest BCUT2D eigenvalue weighted by molar-refractivity contribution is -0.385. The Balaban J connectivity index is 1.75. The van der Waals surface area contributed by atoms with Crippen LogP contribution < -0.4 is 4.74 Å². The van der Waals surface area contributed by atoms with E-state index in [2.05, 4.69) is 19.1 Å². The topological polar surface area (TPSA) is 81.9 Å². The summed E-state index contributed by atoms with van der Waals surface area (Å²) in [6, 6.07) is 11.0. The SMILES string of the molecule is CCc1ccc(CN(C)C(=O)/C=C/c2cc([N+](=O)[O-])cc3c2OCOC3)cc1. The highest BCUT2D eigenvalue weighted by Gasteiger charge is 2.20. The van der Waals surface area contributed by atoms with Crippen LogP contribution in [0.25, 0.3) is 6.08 Å². The van der Waals surface area contributed by atoms with Gasteiger partial charge in [-0.1, -0.05) is 31.2 Å². The fraction of sp³-hybridized carbons (Fsp3) is 0.286. The predicted octanol–water partition coefficient (Wildman–Crippen LogP) is 3.70. The molecule has 7 nitrogen and oxygen atoms in total. The van der Waals surface area contributed by atoms with Crippen molar-refractivity contribution in [2.75, 3.05) is 13.8 Å². The molecular formula is C21H22N2O5. The molecule has 0 unspecified atom stereocenters. The minimum atomic E-state index is -0.472. The summed E-state index contributed by atoms with van der Waals surface area (Å²) in [6.07, 6.45) is 3.92. The van der Waals surface area contributed by atoms with Crippen LogP contribution in [0.5, 0.6) is 5.75 Å². The van der Waals surface area contributed by atoms with Crippen LogP contribution in [0.4, 0.5) is 5.69 Å². The van der Waals surface area contributed by atoms with Crippen molar-refractivity contribution in [3.63, 3.8) is 0 Å². The number of fused-ring (bicyclic) bond motifs is 1. The molecule has 1 aliphatic rings. The number of carbonyl (C=O) groups is 1. The van der Waals surface area contributed by atoms with E-state index >= 15 is 0 Å². The summed E-state index contributed by atoms with van der Waals surface area (Å²) in [7, 11) is 1.72. The van der Waals surface area contributed by atoms with E-state index in [1.165, 1.54) is 23.8 Å². The van der Waals surface area contributed by atoms with E-state index in [0.29, 0.717) is 23.4 Å². The molecule has 7 heteroatoms. The Morgan fingerprint density at radius 3 is 2.64 bits per heavy atom. The molecule has 146 valence electrons. The fourth-order valence-electron chi connectivity index (χ4n) is 2.98. The Morgan fingerprint density at radius 2 is 1.96 bits per heavy atom. The maximum absolute atomic E-state index is 12.5. The summed E-state index contributed by atoms with van der Waals surface area (Å²) in [4.78, 5) is 24.7. The lowest BCUT2D eigenvalue weighted by Gasteiger charge is -2.19. The van der Waals surface area contributed by atoms with Crippen LogP contribution in [0.15, 0.2) is 42.5 Å². The van der Waals surface area contributed by atoms with Crippen molar-refractivity contribution in [3.8, 4) is 5.75 Å². The number of non-ortho nitro benzene ring substituents is 1. The lowest BCUT2D eigenvalue weighted by Crippen LogP contribution is -2.24. The van der Waals surface area contributed by atoms with Crippen molar-refractivity contribution in [1.29, 1.82) is 0 Å². The quantitative estimate of drug-likeness (QED) is 0.432. The third-order valence-corrected chi connectivity index (χ3v) is 4.57. The van der Waals surface area contributed by atoms with Crippen LogP contribution in [-0.4, -0.2) is 29.6 Å². The zero-order chi connectivity index (χ0) is 20.1. The van der Waals surface area contributed by atoms with Crippen molar-refractivity contribution in [1.82, 2.24) is 4.90 Å². The fourth-order valence-corrected chi connectivity index (χ4v) is 2.98. The second kappa shape index (κ2) is 8.67. The van der Waals surface area contributed by atoms with Crippen molar-refractivity contribution in [2.24, 2.45) is 0 Å². The van der Waals surface area contributed by atoms with E-state index in [9.17, 15) is 14.9 Å². The molecule has 28 heavy (non-hydrogen) atoms. The molecule has 2 aromatic rings. The van der Waals surface area contributed by atoms with Crippen LogP contribution in [0.1, 0.15) is 29.2 Å². The third kappa shape index (κ3) is 4.55. The van der Waals surface area contributed by atoms with Crippen molar-refractivity contribution in [2.45, 2.75) is 26.5 Å². The number of carbonyl (C=O) groups excluding carboxylic acids is 1. The van der Waals surface area contributed by atoms with Gasteiger partial charge in [-0.15, -0.1) is 0 Å². The second-order valence-corrected chi connectivity index (χ2v) is 6.59. The van der Waals surface area contributed by atoms with Gasteiger partial charge in [0.1, 0.15) is 5.75 Å². The van der Waals surface area contributed by atoms with Gasteiger partial charge in [-0.25, -0.2) is 0 Å². The minimum absolute atomic E-state index is 0.0654. The van der Waals surface area contributed by atoms with Crippen LogP contribution in [0, 0.1) is 10.1 Å². The number of hydrogen-bond donors (Lipinski definition) is 0. The number of amides is 1. The zero-order valence-electron chi connectivity index (χ0n) is 15.9. The lowest BCUT2D eigenvalue weighted by atomic mass is 10.1. The van der Waals surface area contributed by atoms with Gasteiger partial charge in [0.05, 0.1) is 11.5 Å². The van der Waals surface area contributed by atoms with Crippen molar-refractivity contribution >= 4 is 17.7 Å². The molecule has 1 amide bonds. The summed E-state index contributed by atoms with van der Waals surface area (Å²) < 4.78 is 10.7. The Bertz CT molecular complexity index is 906. The average Bonchev–Trinajstić information content (AvgIpc) is 2.71. The number of aryl methyl sites for hydroxylation is 1. The third-order valence-electron chi connectivity index (χ3n) is 4.57. The molecular weight excluding hydrogens is 360 g/mol. The van der Waals surface area contributed by atoms with Crippen LogP contribution in [-0.2, 0) is 29.1 Å². The summed E-state index contributed by atoms with van der Waals surface area (Å²) >= 11 is 0. The molecule has 3 rings (SSSR count). The van der Waals surface area contributed by atoms with Gasteiger partial charge in [-0.05, 0) is 23.6 Å². The number of nitro groups is 1. The van der Waals surface area contributed by atoms with Crippen molar-refractivity contribution < 1.29 is 19.2 Å². The van der Waals surface area contributed by atoms with E-state index in [-0.39, 0.29) is 25.0 Å². The number of ether oxygens (including phenoxy) is 2. The normalized spacial score (nSPS) is 13.1.